The zero-order chi connectivity index (χ0) is 7.28. The molecule has 0 aromatic carbocycles. The summed E-state index contributed by atoms with van der Waals surface area (Å²) >= 11 is 0. The molecule has 0 aliphatic rings. The van der Waals surface area contributed by atoms with Gasteiger partial charge in [-0.15, -0.1) is 5.11 Å². The lowest BCUT2D eigenvalue weighted by atomic mass is 10.4. The fourth-order valence-electron chi connectivity index (χ4n) is 0.332. The summed E-state index contributed by atoms with van der Waals surface area (Å²) in [6.07, 6.45) is 1.38. The first-order valence-corrected chi connectivity index (χ1v) is 2.41. The van der Waals surface area contributed by atoms with Crippen LogP contribution in [0.25, 0.3) is 0 Å². The summed E-state index contributed by atoms with van der Waals surface area (Å²) in [5, 5.41) is 14.9. The molecular weight excluding hydrogens is 120 g/mol. The van der Waals surface area contributed by atoms with Gasteiger partial charge in [0.25, 0.3) is 0 Å². The van der Waals surface area contributed by atoms with E-state index in [9.17, 15) is 4.79 Å². The van der Waals surface area contributed by atoms with Gasteiger partial charge in [0.15, 0.2) is 5.70 Å². The zero-order valence-corrected chi connectivity index (χ0v) is 5.33. The van der Waals surface area contributed by atoms with Crippen molar-refractivity contribution in [2.75, 3.05) is 7.05 Å². The Morgan fingerprint density at radius 1 is 1.67 bits per heavy atom. The minimum Gasteiger partial charge on any atom is -0.476 e. The Hall–Kier alpha value is -1.19. The van der Waals surface area contributed by atoms with E-state index in [0.717, 1.165) is 0 Å². The first-order valence-electron chi connectivity index (χ1n) is 2.41. The maximum Gasteiger partial charge on any atom is 0.356 e. The summed E-state index contributed by atoms with van der Waals surface area (Å²) in [6.45, 7) is 1.60. The van der Waals surface area contributed by atoms with E-state index in [1.165, 1.54) is 13.1 Å². The van der Waals surface area contributed by atoms with E-state index in [4.69, 9.17) is 5.11 Å². The van der Waals surface area contributed by atoms with Crippen molar-refractivity contribution in [2.24, 2.45) is 10.2 Å². The Kier molecular flexibility index (Phi) is 3.27. The highest BCUT2D eigenvalue weighted by Crippen LogP contribution is 1.95. The topological polar surface area (TPSA) is 62.0 Å². The predicted molar refractivity (Wildman–Crippen MR) is 32.2 cm³/mol. The molecule has 0 unspecified atom stereocenters. The number of carboxylic acids is 1. The van der Waals surface area contributed by atoms with E-state index in [1.54, 1.807) is 6.92 Å². The summed E-state index contributed by atoms with van der Waals surface area (Å²) < 4.78 is 0. The van der Waals surface area contributed by atoms with Crippen LogP contribution in [-0.4, -0.2) is 18.1 Å². The van der Waals surface area contributed by atoms with Gasteiger partial charge in [-0.25, -0.2) is 4.79 Å². The standard InChI is InChI=1S/C5H8N2O2/c1-3-4(5(8)9)7-6-2/h3H,1-2H3,(H,8,9)/b4-3-,7-6?. The molecule has 0 rings (SSSR count). The summed E-state index contributed by atoms with van der Waals surface area (Å²) in [6, 6.07) is 0. The van der Waals surface area contributed by atoms with Gasteiger partial charge < -0.3 is 5.11 Å². The normalized spacial score (nSPS) is 12.4. The van der Waals surface area contributed by atoms with Crippen molar-refractivity contribution in [3.8, 4) is 0 Å². The molecule has 0 bridgehead atoms. The highest BCUT2D eigenvalue weighted by molar-refractivity contribution is 5.85. The second-order valence-corrected chi connectivity index (χ2v) is 1.28. The first-order chi connectivity index (χ1) is 4.22. The average Bonchev–Trinajstić information content (AvgIpc) is 1.82. The van der Waals surface area contributed by atoms with Crippen LogP contribution >= 0.6 is 0 Å². The molecule has 0 aromatic heterocycles. The smallest absolute Gasteiger partial charge is 0.356 e. The molecule has 0 atom stereocenters. The number of nitrogens with zero attached hydrogens (tertiary/aromatic N) is 2. The number of azo groups is 1. The fraction of sp³-hybridized carbons (Fsp3) is 0.400. The van der Waals surface area contributed by atoms with Gasteiger partial charge in [-0.1, -0.05) is 6.08 Å². The van der Waals surface area contributed by atoms with Crippen molar-refractivity contribution in [3.63, 3.8) is 0 Å². The highest BCUT2D eigenvalue weighted by atomic mass is 16.4. The second kappa shape index (κ2) is 3.77. The van der Waals surface area contributed by atoms with Gasteiger partial charge in [0.1, 0.15) is 0 Å². The molecule has 0 spiro atoms. The van der Waals surface area contributed by atoms with Crippen LogP contribution in [0.3, 0.4) is 0 Å². The first kappa shape index (κ1) is 7.81. The van der Waals surface area contributed by atoms with Gasteiger partial charge in [-0.3, -0.25) is 0 Å². The van der Waals surface area contributed by atoms with Crippen LogP contribution in [0, 0.1) is 0 Å². The molecule has 4 heteroatoms. The van der Waals surface area contributed by atoms with Crippen LogP contribution in [0.1, 0.15) is 6.92 Å². The number of allylic oxidation sites excluding steroid dienone is 1. The number of rotatable bonds is 2. The molecule has 50 valence electrons. The lowest BCUT2D eigenvalue weighted by Crippen LogP contribution is -1.95. The van der Waals surface area contributed by atoms with Crippen LogP contribution in [0.4, 0.5) is 0 Å². The van der Waals surface area contributed by atoms with Crippen LogP contribution in [0.15, 0.2) is 22.0 Å². The minimum absolute atomic E-state index is 0.0301. The van der Waals surface area contributed by atoms with Crippen molar-refractivity contribution in [2.45, 2.75) is 6.92 Å². The van der Waals surface area contributed by atoms with E-state index >= 15 is 0 Å². The van der Waals surface area contributed by atoms with E-state index in [2.05, 4.69) is 10.2 Å². The number of hydrogen-bond acceptors (Lipinski definition) is 3. The van der Waals surface area contributed by atoms with Crippen LogP contribution in [0.2, 0.25) is 0 Å². The number of carbonyl (C=O) groups is 1. The van der Waals surface area contributed by atoms with Gasteiger partial charge in [0.05, 0.1) is 0 Å². The average molecular weight is 128 g/mol. The van der Waals surface area contributed by atoms with E-state index in [-0.39, 0.29) is 5.70 Å². The molecule has 0 heterocycles. The zero-order valence-electron chi connectivity index (χ0n) is 5.33. The van der Waals surface area contributed by atoms with Gasteiger partial charge in [-0.2, -0.15) is 5.11 Å². The molecule has 0 aromatic rings. The van der Waals surface area contributed by atoms with Gasteiger partial charge in [0.2, 0.25) is 0 Å². The second-order valence-electron chi connectivity index (χ2n) is 1.28. The third kappa shape index (κ3) is 2.58. The Morgan fingerprint density at radius 3 is 2.33 bits per heavy atom. The number of aliphatic carboxylic acids is 1. The fourth-order valence-corrected chi connectivity index (χ4v) is 0.332. The van der Waals surface area contributed by atoms with Crippen molar-refractivity contribution in [1.29, 1.82) is 0 Å². The summed E-state index contributed by atoms with van der Waals surface area (Å²) in [5.41, 5.74) is -0.0301. The van der Waals surface area contributed by atoms with E-state index in [0.29, 0.717) is 0 Å². The molecular formula is C5H8N2O2. The quantitative estimate of drug-likeness (QED) is 0.446. The van der Waals surface area contributed by atoms with E-state index < -0.39 is 5.97 Å². The Bertz CT molecular complexity index is 160. The van der Waals surface area contributed by atoms with Crippen LogP contribution < -0.4 is 0 Å². The van der Waals surface area contributed by atoms with Gasteiger partial charge >= 0.3 is 5.97 Å². The molecule has 4 nitrogen and oxygen atoms in total. The molecule has 0 fully saturated rings. The summed E-state index contributed by atoms with van der Waals surface area (Å²) in [5.74, 6) is -1.05. The Morgan fingerprint density at radius 2 is 2.22 bits per heavy atom. The van der Waals surface area contributed by atoms with Gasteiger partial charge in [0, 0.05) is 7.05 Å². The minimum atomic E-state index is -1.05. The van der Waals surface area contributed by atoms with Crippen LogP contribution in [0.5, 0.6) is 0 Å². The summed E-state index contributed by atoms with van der Waals surface area (Å²) in [4.78, 5) is 10.1. The molecule has 9 heavy (non-hydrogen) atoms. The Balaban J connectivity index is 4.19. The van der Waals surface area contributed by atoms with Crippen molar-refractivity contribution < 1.29 is 9.90 Å². The summed E-state index contributed by atoms with van der Waals surface area (Å²) in [7, 11) is 1.42. The molecule has 0 aliphatic heterocycles. The molecule has 0 amide bonds. The van der Waals surface area contributed by atoms with Crippen LogP contribution in [-0.2, 0) is 4.79 Å². The highest BCUT2D eigenvalue weighted by Gasteiger charge is 2.01. The van der Waals surface area contributed by atoms with Crippen molar-refractivity contribution in [1.82, 2.24) is 0 Å². The van der Waals surface area contributed by atoms with E-state index in [1.807, 2.05) is 0 Å². The lowest BCUT2D eigenvalue weighted by molar-refractivity contribution is -0.132. The SMILES string of the molecule is C/C=C(\N=NC)C(=O)O. The molecule has 0 radical (unpaired) electrons. The lowest BCUT2D eigenvalue weighted by Gasteiger charge is -1.86. The predicted octanol–water partition coefficient (Wildman–Crippen LogP) is 1.06. The van der Waals surface area contributed by atoms with Gasteiger partial charge in [-0.05, 0) is 6.92 Å². The third-order valence-electron chi connectivity index (χ3n) is 0.700. The maximum atomic E-state index is 10.1. The third-order valence-corrected chi connectivity index (χ3v) is 0.700. The molecule has 0 aliphatic carbocycles. The number of carboxylic acid groups (broad SMARTS) is 1. The molecule has 0 saturated carbocycles. The van der Waals surface area contributed by atoms with Crippen molar-refractivity contribution >= 4 is 5.97 Å². The monoisotopic (exact) mass is 128 g/mol. The molecule has 1 N–H and O–H groups in total. The Labute approximate surface area is 52.9 Å². The van der Waals surface area contributed by atoms with Crippen molar-refractivity contribution in [3.05, 3.63) is 11.8 Å². The number of hydrogen-bond donors (Lipinski definition) is 1. The largest absolute Gasteiger partial charge is 0.476 e. The maximum absolute atomic E-state index is 10.1. The molecule has 0 saturated heterocycles.